The number of fused-ring (bicyclic) bond motifs is 3. The third-order valence-electron chi connectivity index (χ3n) is 11.4. The number of nitrogens with zero attached hydrogens (tertiary/aromatic N) is 6. The van der Waals surface area contributed by atoms with Gasteiger partial charge in [-0.25, -0.2) is 4.90 Å². The van der Waals surface area contributed by atoms with E-state index in [0.29, 0.717) is 62.3 Å². The van der Waals surface area contributed by atoms with Gasteiger partial charge in [-0.15, -0.1) is 0 Å². The van der Waals surface area contributed by atoms with Gasteiger partial charge in [-0.3, -0.25) is 9.59 Å². The number of amides is 2. The maximum Gasteiger partial charge on any atom is 0.267 e. The molecule has 8 aromatic carbocycles. The average molecular weight is 809 g/mol. The van der Waals surface area contributed by atoms with Crippen LogP contribution in [-0.2, 0) is 4.79 Å². The van der Waals surface area contributed by atoms with Crippen molar-refractivity contribution in [1.29, 1.82) is 21.0 Å². The Labute approximate surface area is 363 Å². The Hall–Kier alpha value is -9.34. The van der Waals surface area contributed by atoms with Crippen molar-refractivity contribution in [2.75, 3.05) is 4.90 Å². The van der Waals surface area contributed by atoms with E-state index >= 15 is 4.79 Å². The quantitative estimate of drug-likeness (QED) is 0.140. The third kappa shape index (κ3) is 6.83. The predicted octanol–water partition coefficient (Wildman–Crippen LogP) is 12.1. The third-order valence-corrected chi connectivity index (χ3v) is 11.4. The van der Waals surface area contributed by atoms with Crippen LogP contribution in [0.2, 0.25) is 0 Å². The highest BCUT2D eigenvalue weighted by Crippen LogP contribution is 2.42. The Morgan fingerprint density at radius 3 is 1.59 bits per heavy atom. The molecule has 0 N–H and O–H groups in total. The van der Waals surface area contributed by atoms with Crippen LogP contribution < -0.4 is 4.90 Å². The molecule has 63 heavy (non-hydrogen) atoms. The van der Waals surface area contributed by atoms with Crippen molar-refractivity contribution < 1.29 is 9.59 Å². The number of nitriles is 4. The number of hydrogen-bond donors (Lipinski definition) is 0. The summed E-state index contributed by atoms with van der Waals surface area (Å²) in [5.74, 6) is -0.517. The molecule has 0 atom stereocenters. The molecule has 1 heterocycles. The fourth-order valence-electron chi connectivity index (χ4n) is 8.49. The second-order valence-corrected chi connectivity index (χ2v) is 14.9. The van der Waals surface area contributed by atoms with Gasteiger partial charge >= 0.3 is 0 Å². The Bertz CT molecular complexity index is 3370. The van der Waals surface area contributed by atoms with Crippen molar-refractivity contribution in [2.24, 2.45) is 0 Å². The first kappa shape index (κ1) is 39.1. The molecule has 8 nitrogen and oxygen atoms in total. The van der Waals surface area contributed by atoms with Crippen LogP contribution in [0.1, 0.15) is 38.2 Å². The number of carbonyl (C=O) groups is 2. The Morgan fingerprint density at radius 1 is 0.524 bits per heavy atom. The van der Waals surface area contributed by atoms with Crippen LogP contribution in [0.3, 0.4) is 0 Å². The molecule has 2 amide bonds. The maximum absolute atomic E-state index is 15.3. The molecule has 294 valence electrons. The van der Waals surface area contributed by atoms with Crippen molar-refractivity contribution in [3.8, 4) is 74.5 Å². The van der Waals surface area contributed by atoms with Gasteiger partial charge < -0.3 is 4.57 Å². The summed E-state index contributed by atoms with van der Waals surface area (Å²) in [6.45, 7) is 1.85. The summed E-state index contributed by atoms with van der Waals surface area (Å²) in [4.78, 5) is 29.9. The van der Waals surface area contributed by atoms with Crippen LogP contribution in [0.4, 0.5) is 5.69 Å². The van der Waals surface area contributed by atoms with Crippen molar-refractivity contribution >= 4 is 39.8 Å². The lowest BCUT2D eigenvalue weighted by Crippen LogP contribution is -2.31. The number of imide groups is 1. The summed E-state index contributed by atoms with van der Waals surface area (Å²) in [6.07, 6.45) is 0.578. The molecule has 0 unspecified atom stereocenters. The van der Waals surface area contributed by atoms with E-state index in [2.05, 4.69) is 24.3 Å². The number of aryl methyl sites for hydroxylation is 1. The molecule has 9 rings (SSSR count). The van der Waals surface area contributed by atoms with Crippen LogP contribution in [0.15, 0.2) is 170 Å². The number of rotatable bonds is 8. The molecule has 0 aliphatic carbocycles. The highest BCUT2D eigenvalue weighted by Gasteiger charge is 2.28. The van der Waals surface area contributed by atoms with Gasteiger partial charge in [0.15, 0.2) is 0 Å². The van der Waals surface area contributed by atoms with Gasteiger partial charge in [0.25, 0.3) is 5.91 Å². The van der Waals surface area contributed by atoms with Gasteiger partial charge in [-0.2, -0.15) is 21.0 Å². The minimum absolute atomic E-state index is 0.318. The summed E-state index contributed by atoms with van der Waals surface area (Å²) in [5, 5.41) is 40.9. The summed E-state index contributed by atoms with van der Waals surface area (Å²) >= 11 is 0. The second kappa shape index (κ2) is 16.4. The lowest BCUT2D eigenvalue weighted by atomic mass is 9.92. The van der Waals surface area contributed by atoms with Crippen molar-refractivity contribution in [2.45, 2.75) is 6.92 Å². The Balaban J connectivity index is 1.28. The number of aromatic nitrogens is 1. The van der Waals surface area contributed by atoms with Crippen LogP contribution >= 0.6 is 0 Å². The average Bonchev–Trinajstić information content (AvgIpc) is 3.66. The number of anilines is 1. The van der Waals surface area contributed by atoms with E-state index < -0.39 is 5.91 Å². The molecule has 0 saturated heterocycles. The van der Waals surface area contributed by atoms with Gasteiger partial charge in [0.1, 0.15) is 0 Å². The van der Waals surface area contributed by atoms with E-state index in [4.69, 9.17) is 0 Å². The summed E-state index contributed by atoms with van der Waals surface area (Å²) < 4.78 is 2.01. The van der Waals surface area contributed by atoms with Gasteiger partial charge in [0.05, 0.1) is 74.5 Å². The van der Waals surface area contributed by atoms with Crippen LogP contribution in [-0.4, -0.2) is 16.9 Å². The molecule has 0 bridgehead atoms. The standard InChI is InChI=1S/C55H32N6O2/c1-35-10-8-17-52(53(35)55(63)60(34-62)51-16-9-15-46(38-11-4-2-5-12-38)54(51)39-13-6-3-7-14-39)61-49-24-20-40(44-22-18-36(30-56)26-42(44)32-58)28-47(49)48-29-41(21-25-50(48)61)45-23-19-37(31-57)27-43(45)33-59/h2-29,34H,1H3. The minimum Gasteiger partial charge on any atom is -0.308 e. The zero-order valence-electron chi connectivity index (χ0n) is 33.7. The predicted molar refractivity (Wildman–Crippen MR) is 245 cm³/mol. The Morgan fingerprint density at radius 2 is 1.06 bits per heavy atom. The van der Waals surface area contributed by atoms with Crippen molar-refractivity contribution in [1.82, 2.24) is 4.57 Å². The zero-order chi connectivity index (χ0) is 43.6. The SMILES string of the molecule is Cc1cccc(-n2c3ccc(-c4ccc(C#N)cc4C#N)cc3c3cc(-c4ccc(C#N)cc4C#N)ccc32)c1C(=O)N(C=O)c1cccc(-c2ccccc2)c1-c1ccccc1. The molecule has 1 aromatic heterocycles. The van der Waals surface area contributed by atoms with Gasteiger partial charge in [-0.1, -0.05) is 109 Å². The fraction of sp³-hybridized carbons (Fsp3) is 0.0182. The van der Waals surface area contributed by atoms with Crippen molar-refractivity contribution in [3.05, 3.63) is 203 Å². The smallest absolute Gasteiger partial charge is 0.267 e. The number of hydrogen-bond acceptors (Lipinski definition) is 6. The van der Waals surface area contributed by atoms with Gasteiger partial charge in [-0.05, 0) is 112 Å². The van der Waals surface area contributed by atoms with Gasteiger partial charge in [0.2, 0.25) is 6.41 Å². The van der Waals surface area contributed by atoms with Gasteiger partial charge in [0, 0.05) is 16.3 Å². The van der Waals surface area contributed by atoms with Crippen LogP contribution in [0.5, 0.6) is 0 Å². The summed E-state index contributed by atoms with van der Waals surface area (Å²) in [7, 11) is 0. The van der Waals surface area contributed by atoms with E-state index in [1.54, 1.807) is 42.5 Å². The topological polar surface area (TPSA) is 137 Å². The minimum atomic E-state index is -0.517. The molecule has 0 fully saturated rings. The van der Waals surface area contributed by atoms with Crippen molar-refractivity contribution in [3.63, 3.8) is 0 Å². The normalized spacial score (nSPS) is 10.7. The lowest BCUT2D eigenvalue weighted by molar-refractivity contribution is -0.106. The fourth-order valence-corrected chi connectivity index (χ4v) is 8.49. The number of benzene rings is 8. The molecule has 9 aromatic rings. The summed E-state index contributed by atoms with van der Waals surface area (Å²) in [5.41, 5.74) is 11.0. The first-order valence-corrected chi connectivity index (χ1v) is 20.0. The second-order valence-electron chi connectivity index (χ2n) is 14.9. The molecular formula is C55H32N6O2. The molecule has 0 aliphatic heterocycles. The first-order valence-electron chi connectivity index (χ1n) is 20.0. The summed E-state index contributed by atoms with van der Waals surface area (Å²) in [6, 6.07) is 61.2. The van der Waals surface area contributed by atoms with E-state index in [1.165, 1.54) is 4.90 Å². The van der Waals surface area contributed by atoms with E-state index in [0.717, 1.165) is 55.2 Å². The van der Waals surface area contributed by atoms with Crippen LogP contribution in [0, 0.1) is 52.2 Å². The van der Waals surface area contributed by atoms with E-state index in [9.17, 15) is 25.8 Å². The number of carbonyl (C=O) groups excluding carboxylic acids is 2. The van der Waals surface area contributed by atoms with E-state index in [1.807, 2.05) is 139 Å². The van der Waals surface area contributed by atoms with E-state index in [-0.39, 0.29) is 0 Å². The molecular weight excluding hydrogens is 777 g/mol. The molecule has 0 radical (unpaired) electrons. The molecule has 8 heteroatoms. The highest BCUT2D eigenvalue weighted by atomic mass is 16.2. The highest BCUT2D eigenvalue weighted by molar-refractivity contribution is 6.21. The lowest BCUT2D eigenvalue weighted by Gasteiger charge is -2.24. The molecule has 0 aliphatic rings. The molecule has 0 spiro atoms. The largest absolute Gasteiger partial charge is 0.308 e. The first-order chi connectivity index (χ1) is 30.9. The zero-order valence-corrected chi connectivity index (χ0v) is 33.7. The molecule has 0 saturated carbocycles. The monoisotopic (exact) mass is 808 g/mol. The van der Waals surface area contributed by atoms with Crippen LogP contribution in [0.25, 0.3) is 72.0 Å². The Kier molecular flexibility index (Phi) is 10.2. The maximum atomic E-state index is 15.3.